The first kappa shape index (κ1) is 13.3. The summed E-state index contributed by atoms with van der Waals surface area (Å²) in [5, 5.41) is 0. The molecule has 78 valence electrons. The van der Waals surface area contributed by atoms with E-state index < -0.39 is 0 Å². The predicted molar refractivity (Wildman–Crippen MR) is 58.7 cm³/mol. The molecule has 1 nitrogen and oxygen atoms in total. The van der Waals surface area contributed by atoms with Gasteiger partial charge in [0.05, 0.1) is 0 Å². The zero-order chi connectivity index (χ0) is 11.1. The zero-order valence-corrected chi connectivity index (χ0v) is 13.2. The van der Waals surface area contributed by atoms with Crippen LogP contribution in [-0.2, 0) is 22.9 Å². The second-order valence-corrected chi connectivity index (χ2v) is 3.52. The maximum atomic E-state index is 12.8. The average molecular weight is 324 g/mol. The van der Waals surface area contributed by atoms with Gasteiger partial charge in [0.25, 0.3) is 0 Å². The van der Waals surface area contributed by atoms with Crippen molar-refractivity contribution >= 4 is 13.6 Å². The number of likely N-dealkylation sites (tertiary alicyclic amines) is 1. The third kappa shape index (κ3) is 4.71. The first-order chi connectivity index (χ1) is 7.34. The Morgan fingerprint density at radius 1 is 1.40 bits per heavy atom. The molecule has 0 N–H and O–H groups in total. The topological polar surface area (TPSA) is 3.24 Å². The van der Waals surface area contributed by atoms with E-state index in [0.717, 1.165) is 25.2 Å². The van der Waals surface area contributed by atoms with Gasteiger partial charge in [-0.1, -0.05) is 0 Å². The van der Waals surface area contributed by atoms with Crippen LogP contribution in [0, 0.1) is 11.9 Å². The summed E-state index contributed by atoms with van der Waals surface area (Å²) in [5.74, 6) is -0.159. The Balaban J connectivity index is 0.000000531. The van der Waals surface area contributed by atoms with Crippen LogP contribution < -0.4 is 0 Å². The van der Waals surface area contributed by atoms with Crippen molar-refractivity contribution in [3.8, 4) is 0 Å². The summed E-state index contributed by atoms with van der Waals surface area (Å²) >= 11 is 4.25. The quantitative estimate of drug-likeness (QED) is 0.597. The van der Waals surface area contributed by atoms with Crippen molar-refractivity contribution in [3.05, 3.63) is 35.6 Å². The monoisotopic (exact) mass is 321 g/mol. The van der Waals surface area contributed by atoms with Crippen molar-refractivity contribution in [2.45, 2.75) is 19.4 Å². The van der Waals surface area contributed by atoms with Crippen LogP contribution in [0.2, 0.25) is 0 Å². The summed E-state index contributed by atoms with van der Waals surface area (Å²) in [6.07, 6.45) is 2.55. The van der Waals surface area contributed by atoms with E-state index in [1.165, 1.54) is 35.3 Å². The third-order valence-corrected chi connectivity index (χ3v) is 2.42. The molecule has 0 spiro atoms. The van der Waals surface area contributed by atoms with E-state index in [4.69, 9.17) is 0 Å². The summed E-state index contributed by atoms with van der Waals surface area (Å²) in [4.78, 5) is 2.34. The zero-order valence-electron chi connectivity index (χ0n) is 8.68. The number of benzene rings is 1. The van der Waals surface area contributed by atoms with Crippen LogP contribution in [0.4, 0.5) is 4.39 Å². The minimum atomic E-state index is -0.159. The van der Waals surface area contributed by atoms with E-state index >= 15 is 0 Å². The number of nitrogens with zero attached hydrogens (tertiary/aromatic N) is 1. The van der Waals surface area contributed by atoms with Gasteiger partial charge in [0.15, 0.2) is 0 Å². The van der Waals surface area contributed by atoms with E-state index in [0.29, 0.717) is 0 Å². The SMILES string of the molecule is Fc1cc[c-]c(CN2CCCC2)c1.[Zn+][Br]. The van der Waals surface area contributed by atoms with Crippen LogP contribution in [-0.4, -0.2) is 18.0 Å². The van der Waals surface area contributed by atoms with Gasteiger partial charge >= 0.3 is 30.0 Å². The second-order valence-electron chi connectivity index (χ2n) is 3.52. The van der Waals surface area contributed by atoms with Crippen LogP contribution in [0.3, 0.4) is 0 Å². The molecule has 1 aliphatic rings. The van der Waals surface area contributed by atoms with Gasteiger partial charge in [0.1, 0.15) is 0 Å². The van der Waals surface area contributed by atoms with Gasteiger partial charge < -0.3 is 4.90 Å². The number of hydrogen-bond acceptors (Lipinski definition) is 1. The van der Waals surface area contributed by atoms with Gasteiger partial charge in [-0.2, -0.15) is 12.1 Å². The molecule has 15 heavy (non-hydrogen) atoms. The number of halogens is 2. The summed E-state index contributed by atoms with van der Waals surface area (Å²) in [5.41, 5.74) is 0.960. The molecule has 1 aromatic rings. The molecule has 0 radical (unpaired) electrons. The van der Waals surface area contributed by atoms with Crippen molar-refractivity contribution in [1.29, 1.82) is 0 Å². The van der Waals surface area contributed by atoms with Crippen LogP contribution in [0.1, 0.15) is 18.4 Å². The fourth-order valence-electron chi connectivity index (χ4n) is 1.76. The summed E-state index contributed by atoms with van der Waals surface area (Å²) in [7, 11) is 0. The standard InChI is InChI=1S/C11H13FN.BrH.Zn/c12-11-5-3-4-10(8-11)9-13-6-1-2-7-13;;/h3,5,8H,1-2,6-7,9H2;1H;/q-1;;+2/p-1. The van der Waals surface area contributed by atoms with Gasteiger partial charge in [-0.25, -0.2) is 4.39 Å². The fourth-order valence-corrected chi connectivity index (χ4v) is 1.76. The van der Waals surface area contributed by atoms with Crippen LogP contribution in [0.15, 0.2) is 18.2 Å². The Labute approximate surface area is 107 Å². The first-order valence-electron chi connectivity index (χ1n) is 5.00. The molecule has 1 aromatic carbocycles. The Morgan fingerprint density at radius 3 is 2.67 bits per heavy atom. The van der Waals surface area contributed by atoms with Crippen LogP contribution >= 0.6 is 13.6 Å². The number of hydrogen-bond donors (Lipinski definition) is 0. The van der Waals surface area contributed by atoms with Gasteiger partial charge in [0.2, 0.25) is 0 Å². The predicted octanol–water partition coefficient (Wildman–Crippen LogP) is 3.06. The fraction of sp³-hybridized carbons (Fsp3) is 0.455. The molecular formula is C11H13BrFNZn. The summed E-state index contributed by atoms with van der Waals surface area (Å²) < 4.78 is 12.8. The molecule has 1 heterocycles. The Bertz CT molecular complexity index is 290. The molecule has 0 aliphatic carbocycles. The van der Waals surface area contributed by atoms with E-state index in [2.05, 4.69) is 24.6 Å². The molecule has 0 unspecified atom stereocenters. The number of rotatable bonds is 2. The molecule has 4 heteroatoms. The summed E-state index contributed by atoms with van der Waals surface area (Å²) in [6, 6.07) is 7.71. The normalized spacial score (nSPS) is 16.0. The Hall–Kier alpha value is 0.213. The molecule has 0 aromatic heterocycles. The molecular weight excluding hydrogens is 310 g/mol. The Kier molecular flexibility index (Phi) is 6.62. The van der Waals surface area contributed by atoms with E-state index in [1.807, 2.05) is 0 Å². The summed E-state index contributed by atoms with van der Waals surface area (Å²) in [6.45, 7) is 3.13. The molecule has 1 fully saturated rings. The van der Waals surface area contributed by atoms with Crippen molar-refractivity contribution in [2.75, 3.05) is 13.1 Å². The van der Waals surface area contributed by atoms with Crippen LogP contribution in [0.5, 0.6) is 0 Å². The van der Waals surface area contributed by atoms with Crippen molar-refractivity contribution in [2.24, 2.45) is 0 Å². The van der Waals surface area contributed by atoms with Crippen LogP contribution in [0.25, 0.3) is 0 Å². The molecule has 0 saturated carbocycles. The Morgan fingerprint density at radius 2 is 2.07 bits per heavy atom. The van der Waals surface area contributed by atoms with Gasteiger partial charge in [-0.3, -0.25) is 0 Å². The van der Waals surface area contributed by atoms with E-state index in [9.17, 15) is 4.39 Å². The minimum absolute atomic E-state index is 0.159. The van der Waals surface area contributed by atoms with Crippen molar-refractivity contribution in [3.63, 3.8) is 0 Å². The first-order valence-corrected chi connectivity index (χ1v) is 11.9. The molecule has 1 aliphatic heterocycles. The van der Waals surface area contributed by atoms with E-state index in [1.54, 1.807) is 12.1 Å². The third-order valence-electron chi connectivity index (χ3n) is 2.42. The molecule has 0 bridgehead atoms. The van der Waals surface area contributed by atoms with Gasteiger partial charge in [-0.15, -0.1) is 17.7 Å². The molecule has 1 saturated heterocycles. The van der Waals surface area contributed by atoms with Crippen molar-refractivity contribution < 1.29 is 20.7 Å². The molecule has 0 atom stereocenters. The van der Waals surface area contributed by atoms with Crippen molar-refractivity contribution in [1.82, 2.24) is 4.90 Å². The van der Waals surface area contributed by atoms with Gasteiger partial charge in [-0.05, 0) is 25.9 Å². The van der Waals surface area contributed by atoms with E-state index in [-0.39, 0.29) is 5.82 Å². The average Bonchev–Trinajstić information content (AvgIpc) is 2.74. The van der Waals surface area contributed by atoms with Gasteiger partial charge in [0, 0.05) is 12.4 Å². The molecule has 2 rings (SSSR count). The second kappa shape index (κ2) is 7.48. The molecule has 0 amide bonds. The maximum absolute atomic E-state index is 12.8.